The van der Waals surface area contributed by atoms with Crippen molar-refractivity contribution in [2.45, 2.75) is 65.8 Å². The zero-order valence-corrected chi connectivity index (χ0v) is 40.7. The maximum Gasteiger partial charge on any atom is 0.138 e. The number of nitrogens with zero attached hydrogens (tertiary/aromatic N) is 5. The smallest absolute Gasteiger partial charge is 0.138 e. The van der Waals surface area contributed by atoms with E-state index in [0.717, 1.165) is 68.5 Å². The van der Waals surface area contributed by atoms with Crippen LogP contribution in [0.15, 0.2) is 206 Å². The van der Waals surface area contributed by atoms with Gasteiger partial charge in [-0.1, -0.05) is 167 Å². The third-order valence-corrected chi connectivity index (χ3v) is 13.9. The van der Waals surface area contributed by atoms with Crippen molar-refractivity contribution in [2.75, 3.05) is 21.4 Å². The van der Waals surface area contributed by atoms with Gasteiger partial charge >= 0.3 is 0 Å². The minimum atomic E-state index is -0.0650. The summed E-state index contributed by atoms with van der Waals surface area (Å²) < 4.78 is 2.38. The van der Waals surface area contributed by atoms with Gasteiger partial charge in [-0.15, -0.1) is 0 Å². The highest BCUT2D eigenvalue weighted by Gasteiger charge is 2.34. The van der Waals surface area contributed by atoms with E-state index in [2.05, 4.69) is 268 Å². The molecule has 1 aliphatic rings. The van der Waals surface area contributed by atoms with E-state index in [1.807, 2.05) is 6.20 Å². The van der Waals surface area contributed by atoms with Gasteiger partial charge in [0, 0.05) is 50.7 Å². The van der Waals surface area contributed by atoms with Crippen LogP contribution in [0.1, 0.15) is 71.4 Å². The molecule has 0 fully saturated rings. The third kappa shape index (κ3) is 7.82. The van der Waals surface area contributed by atoms with Crippen LogP contribution in [0.2, 0.25) is 0 Å². The molecule has 11 rings (SSSR count). The molecule has 3 heterocycles. The molecule has 69 heavy (non-hydrogen) atoms. The molecule has 0 unspecified atom stereocenters. The summed E-state index contributed by atoms with van der Waals surface area (Å²) in [5.74, 6) is 1.63. The fraction of sp³-hybridized carbons (Fsp3) is 0.172. The molecule has 5 heteroatoms. The highest BCUT2D eigenvalue weighted by atomic mass is 15.4. The zero-order valence-electron chi connectivity index (χ0n) is 40.7. The van der Waals surface area contributed by atoms with Crippen LogP contribution >= 0.6 is 0 Å². The molecule has 0 aliphatic carbocycles. The molecule has 0 saturated carbocycles. The highest BCUT2D eigenvalue weighted by Crippen LogP contribution is 2.50. The van der Waals surface area contributed by atoms with Gasteiger partial charge < -0.3 is 14.7 Å². The second-order valence-electron chi connectivity index (χ2n) is 20.0. The number of hydrogen-bond donors (Lipinski definition) is 0. The molecule has 0 N–H and O–H groups in total. The number of pyridine rings is 1. The molecule has 8 aromatic carbocycles. The Kier molecular flexibility index (Phi) is 11.2. The predicted octanol–water partition coefficient (Wildman–Crippen LogP) is 17.6. The summed E-state index contributed by atoms with van der Waals surface area (Å²) >= 11 is 0. The van der Waals surface area contributed by atoms with E-state index in [4.69, 9.17) is 4.98 Å². The summed E-state index contributed by atoms with van der Waals surface area (Å²) in [7, 11) is 0. The number of rotatable bonds is 10. The van der Waals surface area contributed by atoms with Gasteiger partial charge in [-0.05, 0) is 127 Å². The fourth-order valence-corrected chi connectivity index (χ4v) is 10.6. The lowest BCUT2D eigenvalue weighted by molar-refractivity contribution is 0.518. The van der Waals surface area contributed by atoms with Crippen molar-refractivity contribution in [3.05, 3.63) is 218 Å². The SMILES string of the molecule is CC(C)c1cccc(C(C)C)c1-c1ccnc(-n2c3ccccc3c3ccc(N(c4cccc(N5CN(C(C)(C)C)c6ccccc65)c4)c4c(-c5ccccc5)cccc4-c4ccccc4)cc32)c1. The van der Waals surface area contributed by atoms with Gasteiger partial charge in [0.05, 0.1) is 34.8 Å². The molecule has 1 aliphatic heterocycles. The van der Waals surface area contributed by atoms with Crippen LogP contribution in [0.5, 0.6) is 0 Å². The number of anilines is 6. The Morgan fingerprint density at radius 1 is 0.493 bits per heavy atom. The van der Waals surface area contributed by atoms with Gasteiger partial charge in [0.1, 0.15) is 5.82 Å². The van der Waals surface area contributed by atoms with E-state index in [9.17, 15) is 0 Å². The van der Waals surface area contributed by atoms with E-state index >= 15 is 0 Å². The van der Waals surface area contributed by atoms with Crippen molar-refractivity contribution < 1.29 is 0 Å². The molecule has 340 valence electrons. The first-order valence-corrected chi connectivity index (χ1v) is 24.5. The molecule has 0 amide bonds. The summed E-state index contributed by atoms with van der Waals surface area (Å²) in [4.78, 5) is 12.7. The third-order valence-electron chi connectivity index (χ3n) is 13.9. The first-order chi connectivity index (χ1) is 33.5. The van der Waals surface area contributed by atoms with E-state index in [1.165, 1.54) is 44.4 Å². The predicted molar refractivity (Wildman–Crippen MR) is 293 cm³/mol. The zero-order chi connectivity index (χ0) is 47.4. The fourth-order valence-electron chi connectivity index (χ4n) is 10.6. The average molecular weight is 898 g/mol. The van der Waals surface area contributed by atoms with Gasteiger partial charge in [-0.2, -0.15) is 0 Å². The molecule has 0 saturated heterocycles. The van der Waals surface area contributed by atoms with Crippen LogP contribution in [0.3, 0.4) is 0 Å². The monoisotopic (exact) mass is 897 g/mol. The molecule has 10 aromatic rings. The van der Waals surface area contributed by atoms with Gasteiger partial charge in [0.25, 0.3) is 0 Å². The summed E-state index contributed by atoms with van der Waals surface area (Å²) in [6.07, 6.45) is 1.99. The van der Waals surface area contributed by atoms with E-state index in [0.29, 0.717) is 11.8 Å². The quantitative estimate of drug-likeness (QED) is 0.137. The van der Waals surface area contributed by atoms with Crippen LogP contribution in [0.25, 0.3) is 61.0 Å². The largest absolute Gasteiger partial charge is 0.347 e. The van der Waals surface area contributed by atoms with Gasteiger partial charge in [0.15, 0.2) is 0 Å². The topological polar surface area (TPSA) is 27.5 Å². The second-order valence-corrected chi connectivity index (χ2v) is 20.0. The van der Waals surface area contributed by atoms with E-state index in [-0.39, 0.29) is 5.54 Å². The summed E-state index contributed by atoms with van der Waals surface area (Å²) in [5, 5.41) is 2.37. The summed E-state index contributed by atoms with van der Waals surface area (Å²) in [6, 6.07) is 73.5. The summed E-state index contributed by atoms with van der Waals surface area (Å²) in [5.41, 5.74) is 18.8. The van der Waals surface area contributed by atoms with Gasteiger partial charge in [-0.25, -0.2) is 4.98 Å². The second kappa shape index (κ2) is 17.6. The van der Waals surface area contributed by atoms with E-state index < -0.39 is 0 Å². The molecular formula is C64H59N5. The van der Waals surface area contributed by atoms with Crippen molar-refractivity contribution in [3.8, 4) is 39.2 Å². The Bertz CT molecular complexity index is 3400. The first kappa shape index (κ1) is 43.7. The Morgan fingerprint density at radius 3 is 1.74 bits per heavy atom. The molecule has 5 nitrogen and oxygen atoms in total. The van der Waals surface area contributed by atoms with Crippen molar-refractivity contribution in [1.29, 1.82) is 0 Å². The lowest BCUT2D eigenvalue weighted by atomic mass is 9.85. The van der Waals surface area contributed by atoms with Crippen LogP contribution < -0.4 is 14.7 Å². The maximum absolute atomic E-state index is 5.19. The molecular weight excluding hydrogens is 839 g/mol. The first-order valence-electron chi connectivity index (χ1n) is 24.5. The number of benzene rings is 8. The molecule has 2 aromatic heterocycles. The molecule has 0 atom stereocenters. The Balaban J connectivity index is 1.17. The molecule has 0 radical (unpaired) electrons. The molecule has 0 spiro atoms. The number of aromatic nitrogens is 2. The minimum Gasteiger partial charge on any atom is -0.347 e. The van der Waals surface area contributed by atoms with E-state index in [1.54, 1.807) is 0 Å². The summed E-state index contributed by atoms with van der Waals surface area (Å²) in [6.45, 7) is 16.8. The number of hydrogen-bond acceptors (Lipinski definition) is 4. The van der Waals surface area contributed by atoms with Crippen LogP contribution in [0.4, 0.5) is 34.1 Å². The van der Waals surface area contributed by atoms with Crippen molar-refractivity contribution in [1.82, 2.24) is 9.55 Å². The lowest BCUT2D eigenvalue weighted by Gasteiger charge is -2.34. The minimum absolute atomic E-state index is 0.0650. The lowest BCUT2D eigenvalue weighted by Crippen LogP contribution is -2.42. The average Bonchev–Trinajstić information content (AvgIpc) is 3.94. The van der Waals surface area contributed by atoms with Gasteiger partial charge in [-0.3, -0.25) is 4.57 Å². The normalized spacial score (nSPS) is 12.7. The van der Waals surface area contributed by atoms with Crippen LogP contribution in [0, 0.1) is 0 Å². The van der Waals surface area contributed by atoms with Crippen LogP contribution in [-0.2, 0) is 0 Å². The Labute approximate surface area is 407 Å². The Morgan fingerprint density at radius 2 is 1.07 bits per heavy atom. The van der Waals surface area contributed by atoms with Crippen LogP contribution in [-0.4, -0.2) is 21.8 Å². The maximum atomic E-state index is 5.19. The standard InChI is InChI=1S/C64H59N5/c1-43(2)51-28-19-29-52(44(3)4)62(51)47-37-38-65-61(39-47)69-57-32-15-14-27-55(57)56-36-35-50(41-60(56)69)68(63-53(45-21-10-8-11-22-45)30-20-31-54(63)46-23-12-9-13-24-46)49-26-18-25-48(40-49)66-42-67(64(5,6)7)59-34-17-16-33-58(59)66/h8-41,43-44H,42H2,1-7H3. The van der Waals surface area contributed by atoms with Crippen molar-refractivity contribution in [2.24, 2.45) is 0 Å². The highest BCUT2D eigenvalue weighted by molar-refractivity contribution is 6.11. The van der Waals surface area contributed by atoms with Crippen molar-refractivity contribution in [3.63, 3.8) is 0 Å². The number of fused-ring (bicyclic) bond motifs is 4. The van der Waals surface area contributed by atoms with Crippen molar-refractivity contribution >= 4 is 55.9 Å². The Hall–Kier alpha value is -7.89. The van der Waals surface area contributed by atoms with Gasteiger partial charge in [0.2, 0.25) is 0 Å². The molecule has 0 bridgehead atoms. The number of para-hydroxylation sites is 4.